The number of hydrogen-bond acceptors (Lipinski definition) is 7. The van der Waals surface area contributed by atoms with Crippen molar-refractivity contribution in [2.24, 2.45) is 0 Å². The Labute approximate surface area is 200 Å². The predicted octanol–water partition coefficient (Wildman–Crippen LogP) is 3.75. The van der Waals surface area contributed by atoms with Crippen molar-refractivity contribution in [3.63, 3.8) is 0 Å². The van der Waals surface area contributed by atoms with Crippen LogP contribution >= 0.6 is 11.8 Å². The van der Waals surface area contributed by atoms with Crippen LogP contribution in [0.1, 0.15) is 36.5 Å². The topological polar surface area (TPSA) is 108 Å². The molecule has 2 heterocycles. The molecule has 0 bridgehead atoms. The van der Waals surface area contributed by atoms with E-state index in [1.165, 1.54) is 18.9 Å². The normalized spacial score (nSPS) is 11.1. The molecule has 34 heavy (non-hydrogen) atoms. The van der Waals surface area contributed by atoms with Crippen molar-refractivity contribution in [2.75, 3.05) is 18.2 Å². The molecule has 0 unspecified atom stereocenters. The second kappa shape index (κ2) is 10.5. The first-order chi connectivity index (χ1) is 16.5. The number of hydrogen-bond donors (Lipinski definition) is 1. The van der Waals surface area contributed by atoms with E-state index in [0.717, 1.165) is 19.3 Å². The van der Waals surface area contributed by atoms with Gasteiger partial charge in [0.25, 0.3) is 5.56 Å². The smallest absolute Gasteiger partial charge is 0.337 e. The van der Waals surface area contributed by atoms with Gasteiger partial charge in [0.1, 0.15) is 0 Å². The first-order valence-corrected chi connectivity index (χ1v) is 12.0. The van der Waals surface area contributed by atoms with E-state index in [1.807, 2.05) is 22.6 Å². The number of para-hydroxylation sites is 1. The summed E-state index contributed by atoms with van der Waals surface area (Å²) in [7, 11) is 1.31. The minimum atomic E-state index is -0.475. The lowest BCUT2D eigenvalue weighted by Crippen LogP contribution is -2.23. The zero-order valence-electron chi connectivity index (χ0n) is 19.0. The summed E-state index contributed by atoms with van der Waals surface area (Å²) in [5.74, 6) is -0.193. The fourth-order valence-corrected chi connectivity index (χ4v) is 4.46. The van der Waals surface area contributed by atoms with Crippen LogP contribution in [0, 0.1) is 0 Å². The first-order valence-electron chi connectivity index (χ1n) is 11.0. The van der Waals surface area contributed by atoms with Gasteiger partial charge in [-0.15, -0.1) is 10.2 Å². The molecule has 0 fully saturated rings. The second-order valence-electron chi connectivity index (χ2n) is 7.71. The number of anilines is 1. The summed E-state index contributed by atoms with van der Waals surface area (Å²) in [6, 6.07) is 13.9. The van der Waals surface area contributed by atoms with E-state index in [4.69, 9.17) is 4.74 Å². The standard InChI is InChI=1S/C24H25N5O4S/c1-3-4-7-13-28-21(31)18-11-5-6-12-19(18)29-23(28)26-27-24(29)34-15-20(30)25-17-10-8-9-16(14-17)22(32)33-2/h5-6,8-12,14H,3-4,7,13,15H2,1-2H3,(H,25,30). The van der Waals surface area contributed by atoms with Gasteiger partial charge in [0.2, 0.25) is 11.7 Å². The molecule has 176 valence electrons. The molecule has 0 aliphatic heterocycles. The molecule has 10 heteroatoms. The van der Waals surface area contributed by atoms with Crippen molar-refractivity contribution in [2.45, 2.75) is 37.9 Å². The number of ether oxygens (including phenoxy) is 1. The molecule has 4 rings (SSSR count). The number of esters is 1. The minimum Gasteiger partial charge on any atom is -0.465 e. The van der Waals surface area contributed by atoms with Crippen molar-refractivity contribution in [1.82, 2.24) is 19.2 Å². The van der Waals surface area contributed by atoms with Crippen LogP contribution < -0.4 is 10.9 Å². The van der Waals surface area contributed by atoms with Crippen LogP contribution in [0.25, 0.3) is 16.7 Å². The number of nitrogens with zero attached hydrogens (tertiary/aromatic N) is 4. The molecule has 0 atom stereocenters. The number of thioether (sulfide) groups is 1. The summed E-state index contributed by atoms with van der Waals surface area (Å²) in [4.78, 5) is 37.4. The minimum absolute atomic E-state index is 0.0759. The molecule has 1 N–H and O–H groups in total. The predicted molar refractivity (Wildman–Crippen MR) is 131 cm³/mol. The third kappa shape index (κ3) is 4.81. The molecule has 0 saturated heterocycles. The van der Waals surface area contributed by atoms with E-state index in [2.05, 4.69) is 22.4 Å². The molecule has 2 aromatic carbocycles. The average molecular weight is 480 g/mol. The lowest BCUT2D eigenvalue weighted by atomic mass is 10.2. The van der Waals surface area contributed by atoms with Gasteiger partial charge in [-0.1, -0.05) is 49.7 Å². The molecular formula is C24H25N5O4S. The molecule has 9 nitrogen and oxygen atoms in total. The Morgan fingerprint density at radius 1 is 1.09 bits per heavy atom. The molecule has 0 spiro atoms. The number of amides is 1. The highest BCUT2D eigenvalue weighted by atomic mass is 32.2. The van der Waals surface area contributed by atoms with Gasteiger partial charge in [-0.2, -0.15) is 0 Å². The SMILES string of the molecule is CCCCCn1c(=O)c2ccccc2n2c(SCC(=O)Nc3cccc(C(=O)OC)c3)nnc12. The zero-order valence-corrected chi connectivity index (χ0v) is 19.8. The van der Waals surface area contributed by atoms with E-state index in [1.54, 1.807) is 34.9 Å². The van der Waals surface area contributed by atoms with Gasteiger partial charge in [0.05, 0.1) is 29.3 Å². The number of unbranched alkanes of at least 4 members (excludes halogenated alkanes) is 2. The van der Waals surface area contributed by atoms with Gasteiger partial charge in [-0.3, -0.25) is 18.6 Å². The zero-order chi connectivity index (χ0) is 24.1. The number of nitrogens with one attached hydrogen (secondary N) is 1. The van der Waals surface area contributed by atoms with Crippen LogP contribution in [0.4, 0.5) is 5.69 Å². The van der Waals surface area contributed by atoms with Gasteiger partial charge in [-0.25, -0.2) is 4.79 Å². The molecule has 0 saturated carbocycles. The average Bonchev–Trinajstić information content (AvgIpc) is 3.28. The van der Waals surface area contributed by atoms with Gasteiger partial charge in [0, 0.05) is 12.2 Å². The third-order valence-corrected chi connectivity index (χ3v) is 6.29. The van der Waals surface area contributed by atoms with E-state index in [9.17, 15) is 14.4 Å². The van der Waals surface area contributed by atoms with Crippen molar-refractivity contribution in [3.05, 3.63) is 64.4 Å². The Kier molecular flexibility index (Phi) is 7.27. The van der Waals surface area contributed by atoms with Crippen molar-refractivity contribution >= 4 is 46.0 Å². The van der Waals surface area contributed by atoms with Crippen LogP contribution in [-0.2, 0) is 16.1 Å². The number of rotatable bonds is 9. The van der Waals surface area contributed by atoms with Crippen molar-refractivity contribution in [3.8, 4) is 0 Å². The van der Waals surface area contributed by atoms with Gasteiger partial charge in [-0.05, 0) is 36.8 Å². The van der Waals surface area contributed by atoms with Gasteiger partial charge in [0.15, 0.2) is 5.16 Å². The maximum absolute atomic E-state index is 13.1. The molecular weight excluding hydrogens is 454 g/mol. The van der Waals surface area contributed by atoms with E-state index >= 15 is 0 Å². The van der Waals surface area contributed by atoms with Gasteiger partial charge >= 0.3 is 5.97 Å². The maximum atomic E-state index is 13.1. The molecule has 4 aromatic rings. The molecule has 0 aliphatic rings. The highest BCUT2D eigenvalue weighted by molar-refractivity contribution is 7.99. The first kappa shape index (κ1) is 23.5. The summed E-state index contributed by atoms with van der Waals surface area (Å²) in [5.41, 5.74) is 1.46. The van der Waals surface area contributed by atoms with E-state index in [0.29, 0.717) is 39.6 Å². The number of carbonyl (C=O) groups is 2. The highest BCUT2D eigenvalue weighted by Gasteiger charge is 2.17. The van der Waals surface area contributed by atoms with Crippen LogP contribution in [0.15, 0.2) is 58.5 Å². The Hall–Kier alpha value is -3.66. The van der Waals surface area contributed by atoms with Crippen LogP contribution in [0.2, 0.25) is 0 Å². The highest BCUT2D eigenvalue weighted by Crippen LogP contribution is 2.22. The van der Waals surface area contributed by atoms with Crippen molar-refractivity contribution in [1.29, 1.82) is 0 Å². The molecule has 2 aromatic heterocycles. The van der Waals surface area contributed by atoms with Gasteiger partial charge < -0.3 is 10.1 Å². The lowest BCUT2D eigenvalue weighted by molar-refractivity contribution is -0.113. The number of methoxy groups -OCH3 is 1. The number of aryl methyl sites for hydroxylation is 1. The number of carbonyl (C=O) groups excluding carboxylic acids is 2. The largest absolute Gasteiger partial charge is 0.465 e. The van der Waals surface area contributed by atoms with Crippen LogP contribution in [0.5, 0.6) is 0 Å². The molecule has 0 aliphatic carbocycles. The molecule has 1 amide bonds. The Balaban J connectivity index is 1.59. The number of aromatic nitrogens is 4. The maximum Gasteiger partial charge on any atom is 0.337 e. The summed E-state index contributed by atoms with van der Waals surface area (Å²) in [5, 5.41) is 12.4. The Morgan fingerprint density at radius 2 is 1.91 bits per heavy atom. The summed E-state index contributed by atoms with van der Waals surface area (Å²) < 4.78 is 8.21. The van der Waals surface area contributed by atoms with E-state index < -0.39 is 5.97 Å². The number of benzene rings is 2. The summed E-state index contributed by atoms with van der Waals surface area (Å²) in [6.45, 7) is 2.67. The van der Waals surface area contributed by atoms with Crippen molar-refractivity contribution < 1.29 is 14.3 Å². The summed E-state index contributed by atoms with van der Waals surface area (Å²) in [6.07, 6.45) is 2.93. The van der Waals surface area contributed by atoms with Crippen LogP contribution in [0.3, 0.4) is 0 Å². The quantitative estimate of drug-likeness (QED) is 0.221. The monoisotopic (exact) mass is 479 g/mol. The fourth-order valence-electron chi connectivity index (χ4n) is 3.72. The Bertz CT molecular complexity index is 1410. The van der Waals surface area contributed by atoms with E-state index in [-0.39, 0.29) is 17.2 Å². The fraction of sp³-hybridized carbons (Fsp3) is 0.292. The van der Waals surface area contributed by atoms with Crippen LogP contribution in [-0.4, -0.2) is 43.9 Å². The Morgan fingerprint density at radius 3 is 2.71 bits per heavy atom. The molecule has 0 radical (unpaired) electrons. The third-order valence-electron chi connectivity index (χ3n) is 5.36. The summed E-state index contributed by atoms with van der Waals surface area (Å²) >= 11 is 1.23. The number of fused-ring (bicyclic) bond motifs is 3. The lowest BCUT2D eigenvalue weighted by Gasteiger charge is -2.11. The second-order valence-corrected chi connectivity index (χ2v) is 8.65.